The molecular weight excluding hydrogens is 569 g/mol. The molecule has 0 saturated heterocycles. The average molecular weight is 605 g/mol. The van der Waals surface area contributed by atoms with E-state index >= 15 is 0 Å². The number of nitrogens with one attached hydrogen (secondary N) is 1. The summed E-state index contributed by atoms with van der Waals surface area (Å²) in [6, 6.07) is 19.0. The number of hydrogen-bond acceptors (Lipinski definition) is 4. The molecule has 0 radical (unpaired) electrons. The molecule has 7 nitrogen and oxygen atoms in total. The minimum atomic E-state index is -4.21. The number of aryl methyl sites for hydroxylation is 1. The van der Waals surface area contributed by atoms with Crippen LogP contribution in [0.1, 0.15) is 45.2 Å². The Hall–Kier alpha value is -3.07. The van der Waals surface area contributed by atoms with Crippen molar-refractivity contribution in [3.8, 4) is 0 Å². The van der Waals surface area contributed by atoms with Gasteiger partial charge in [0.1, 0.15) is 12.6 Å². The molecule has 0 aliphatic rings. The maximum absolute atomic E-state index is 14.1. The molecule has 10 heteroatoms. The third-order valence-corrected chi connectivity index (χ3v) is 8.29. The number of carbonyl (C=O) groups is 2. The molecule has 0 aliphatic heterocycles. The van der Waals surface area contributed by atoms with Gasteiger partial charge in [0.05, 0.1) is 10.6 Å². The zero-order valence-electron chi connectivity index (χ0n) is 23.3. The van der Waals surface area contributed by atoms with Crippen LogP contribution in [0.25, 0.3) is 0 Å². The Morgan fingerprint density at radius 3 is 2.10 bits per heavy atom. The number of anilines is 1. The first-order valence-corrected chi connectivity index (χ1v) is 15.1. The monoisotopic (exact) mass is 603 g/mol. The molecule has 0 saturated carbocycles. The summed E-state index contributed by atoms with van der Waals surface area (Å²) in [5.74, 6) is -0.868. The van der Waals surface area contributed by atoms with Crippen LogP contribution in [-0.4, -0.2) is 43.3 Å². The van der Waals surface area contributed by atoms with Crippen molar-refractivity contribution in [2.24, 2.45) is 0 Å². The highest BCUT2D eigenvalue weighted by atomic mass is 35.5. The minimum Gasteiger partial charge on any atom is -0.350 e. The lowest BCUT2D eigenvalue weighted by Gasteiger charge is -2.35. The van der Waals surface area contributed by atoms with E-state index in [0.717, 1.165) is 15.4 Å². The Kier molecular flexibility index (Phi) is 10.3. The number of benzene rings is 3. The average Bonchev–Trinajstić information content (AvgIpc) is 2.85. The van der Waals surface area contributed by atoms with Crippen LogP contribution in [0.4, 0.5) is 5.69 Å². The molecule has 40 heavy (non-hydrogen) atoms. The van der Waals surface area contributed by atoms with Gasteiger partial charge < -0.3 is 10.2 Å². The lowest BCUT2D eigenvalue weighted by atomic mass is 10.0. The highest BCUT2D eigenvalue weighted by Gasteiger charge is 2.34. The van der Waals surface area contributed by atoms with Crippen molar-refractivity contribution < 1.29 is 18.0 Å². The normalized spacial score (nSPS) is 12.5. The van der Waals surface area contributed by atoms with Crippen LogP contribution < -0.4 is 9.62 Å². The van der Waals surface area contributed by atoms with Crippen molar-refractivity contribution in [2.45, 2.75) is 64.1 Å². The summed E-state index contributed by atoms with van der Waals surface area (Å²) < 4.78 is 28.7. The smallest absolute Gasteiger partial charge is 0.264 e. The van der Waals surface area contributed by atoms with E-state index in [1.54, 1.807) is 18.2 Å². The van der Waals surface area contributed by atoms with Crippen molar-refractivity contribution in [3.63, 3.8) is 0 Å². The van der Waals surface area contributed by atoms with Crippen LogP contribution in [0.15, 0.2) is 77.7 Å². The van der Waals surface area contributed by atoms with Crippen LogP contribution in [0.2, 0.25) is 10.0 Å². The van der Waals surface area contributed by atoms with E-state index in [4.69, 9.17) is 23.2 Å². The molecule has 0 bridgehead atoms. The fourth-order valence-electron chi connectivity index (χ4n) is 4.31. The van der Waals surface area contributed by atoms with Gasteiger partial charge in [-0.2, -0.15) is 0 Å². The summed E-state index contributed by atoms with van der Waals surface area (Å²) in [5, 5.41) is 3.40. The molecule has 0 heterocycles. The molecule has 0 fully saturated rings. The highest BCUT2D eigenvalue weighted by molar-refractivity contribution is 7.92. The molecule has 2 amide bonds. The first-order chi connectivity index (χ1) is 18.7. The van der Waals surface area contributed by atoms with Crippen LogP contribution in [-0.2, 0) is 26.2 Å². The van der Waals surface area contributed by atoms with Crippen LogP contribution in [0.3, 0.4) is 0 Å². The highest BCUT2D eigenvalue weighted by Crippen LogP contribution is 2.30. The second-order valence-corrected chi connectivity index (χ2v) is 13.4. The Balaban J connectivity index is 2.10. The molecule has 3 aromatic carbocycles. The predicted octanol–water partition coefficient (Wildman–Crippen LogP) is 6.22. The summed E-state index contributed by atoms with van der Waals surface area (Å²) >= 11 is 12.5. The quantitative estimate of drug-likeness (QED) is 0.298. The Morgan fingerprint density at radius 1 is 0.925 bits per heavy atom. The Bertz CT molecular complexity index is 1440. The van der Waals surface area contributed by atoms with Gasteiger partial charge in [0, 0.05) is 22.1 Å². The molecule has 3 aromatic rings. The molecule has 0 unspecified atom stereocenters. The van der Waals surface area contributed by atoms with E-state index in [-0.39, 0.29) is 33.1 Å². The molecule has 1 N–H and O–H groups in total. The van der Waals surface area contributed by atoms with Gasteiger partial charge in [0.25, 0.3) is 10.0 Å². The summed E-state index contributed by atoms with van der Waals surface area (Å²) in [6.07, 6.45) is 0.327. The van der Waals surface area contributed by atoms with Crippen LogP contribution in [0.5, 0.6) is 0 Å². The zero-order chi connectivity index (χ0) is 29.7. The van der Waals surface area contributed by atoms with Gasteiger partial charge in [-0.1, -0.05) is 78.2 Å². The molecule has 214 valence electrons. The van der Waals surface area contributed by atoms with Gasteiger partial charge in [-0.15, -0.1) is 0 Å². The van der Waals surface area contributed by atoms with E-state index in [0.29, 0.717) is 6.42 Å². The molecular formula is C30H35Cl2N3O4S. The van der Waals surface area contributed by atoms with E-state index in [9.17, 15) is 18.0 Å². The second-order valence-electron chi connectivity index (χ2n) is 10.6. The number of carbonyl (C=O) groups excluding carboxylic acids is 2. The SMILES string of the molecule is CC[C@@H](C(=O)NC(C)(C)C)N(Cc1cccc(C)c1)C(=O)CN(c1cc(Cl)cc(Cl)c1)S(=O)(=O)c1ccccc1. The van der Waals surface area contributed by atoms with Gasteiger partial charge in [-0.25, -0.2) is 8.42 Å². The van der Waals surface area contributed by atoms with Crippen molar-refractivity contribution >= 4 is 50.7 Å². The predicted molar refractivity (Wildman–Crippen MR) is 161 cm³/mol. The number of rotatable bonds is 10. The summed E-state index contributed by atoms with van der Waals surface area (Å²) in [7, 11) is -4.21. The standard InChI is InChI=1S/C30H35Cl2N3O4S/c1-6-27(29(37)33-30(3,4)5)34(19-22-12-10-11-21(2)15-22)28(36)20-35(25-17-23(31)16-24(32)18-25)40(38,39)26-13-8-7-9-14-26/h7-18,27H,6,19-20H2,1-5H3,(H,33,37)/t27-/m0/s1. The van der Waals surface area contributed by atoms with Crippen LogP contribution in [0, 0.1) is 6.92 Å². The summed E-state index contributed by atoms with van der Waals surface area (Å²) in [6.45, 7) is 8.89. The summed E-state index contributed by atoms with van der Waals surface area (Å²) in [4.78, 5) is 28.9. The van der Waals surface area contributed by atoms with Gasteiger partial charge in [-0.3, -0.25) is 13.9 Å². The van der Waals surface area contributed by atoms with Gasteiger partial charge in [0.15, 0.2) is 0 Å². The van der Waals surface area contributed by atoms with E-state index in [1.165, 1.54) is 35.2 Å². The first kappa shape index (κ1) is 31.5. The number of nitrogens with zero attached hydrogens (tertiary/aromatic N) is 2. The molecule has 0 aliphatic carbocycles. The van der Waals surface area contributed by atoms with E-state index < -0.39 is 34.1 Å². The Morgan fingerprint density at radius 2 is 1.55 bits per heavy atom. The van der Waals surface area contributed by atoms with Gasteiger partial charge in [-0.05, 0) is 70.0 Å². The van der Waals surface area contributed by atoms with Crippen molar-refractivity contribution in [1.29, 1.82) is 0 Å². The van der Waals surface area contributed by atoms with Gasteiger partial charge >= 0.3 is 0 Å². The number of amides is 2. The first-order valence-electron chi connectivity index (χ1n) is 12.9. The van der Waals surface area contributed by atoms with E-state index in [2.05, 4.69) is 5.32 Å². The lowest BCUT2D eigenvalue weighted by molar-refractivity contribution is -0.141. The van der Waals surface area contributed by atoms with E-state index in [1.807, 2.05) is 58.9 Å². The fourth-order valence-corrected chi connectivity index (χ4v) is 6.24. The third kappa shape index (κ3) is 8.22. The Labute approximate surface area is 247 Å². The van der Waals surface area contributed by atoms with Crippen LogP contribution >= 0.6 is 23.2 Å². The second kappa shape index (κ2) is 13.1. The number of halogens is 2. The fraction of sp³-hybridized carbons (Fsp3) is 0.333. The number of hydrogen-bond donors (Lipinski definition) is 1. The maximum atomic E-state index is 14.1. The van der Waals surface area contributed by atoms with Crippen molar-refractivity contribution in [3.05, 3.63) is 94.0 Å². The zero-order valence-corrected chi connectivity index (χ0v) is 25.6. The van der Waals surface area contributed by atoms with Crippen molar-refractivity contribution in [1.82, 2.24) is 10.2 Å². The number of sulfonamides is 1. The minimum absolute atomic E-state index is 0.00153. The molecule has 3 rings (SSSR count). The lowest BCUT2D eigenvalue weighted by Crippen LogP contribution is -2.55. The molecule has 0 spiro atoms. The van der Waals surface area contributed by atoms with Gasteiger partial charge in [0.2, 0.25) is 11.8 Å². The summed E-state index contributed by atoms with van der Waals surface area (Å²) in [5.41, 5.74) is 1.43. The maximum Gasteiger partial charge on any atom is 0.264 e. The third-order valence-electron chi connectivity index (χ3n) is 6.06. The largest absolute Gasteiger partial charge is 0.350 e. The topological polar surface area (TPSA) is 86.8 Å². The molecule has 1 atom stereocenters. The van der Waals surface area contributed by atoms with Crippen molar-refractivity contribution in [2.75, 3.05) is 10.8 Å². The molecule has 0 aromatic heterocycles.